The number of nitrogens with one attached hydrogen (secondary N) is 3. The van der Waals surface area contributed by atoms with E-state index in [0.29, 0.717) is 11.4 Å². The molecule has 7 heteroatoms. The molecule has 0 bridgehead atoms. The molecule has 0 aliphatic heterocycles. The molecule has 104 valence electrons. The molecule has 0 unspecified atom stereocenters. The van der Waals surface area contributed by atoms with Crippen molar-refractivity contribution < 1.29 is 14.7 Å². The van der Waals surface area contributed by atoms with Crippen LogP contribution in [-0.4, -0.2) is 27.1 Å². The Morgan fingerprint density at radius 1 is 1.25 bits per heavy atom. The highest BCUT2D eigenvalue weighted by Gasteiger charge is 2.15. The Balaban J connectivity index is 2.13. The Labute approximate surface area is 115 Å². The first-order valence-corrected chi connectivity index (χ1v) is 5.89. The summed E-state index contributed by atoms with van der Waals surface area (Å²) in [6, 6.07) is 2.79. The van der Waals surface area contributed by atoms with Gasteiger partial charge in [-0.1, -0.05) is 0 Å². The first-order valence-electron chi connectivity index (χ1n) is 5.89. The van der Waals surface area contributed by atoms with Gasteiger partial charge in [0, 0.05) is 11.9 Å². The van der Waals surface area contributed by atoms with Crippen molar-refractivity contribution >= 4 is 23.4 Å². The number of urea groups is 1. The highest BCUT2D eigenvalue weighted by Crippen LogP contribution is 2.18. The summed E-state index contributed by atoms with van der Waals surface area (Å²) in [5.41, 5.74) is 2.23. The average molecular weight is 274 g/mol. The number of hydrogen-bond acceptors (Lipinski definition) is 3. The summed E-state index contributed by atoms with van der Waals surface area (Å²) in [5, 5.41) is 14.1. The van der Waals surface area contributed by atoms with Crippen LogP contribution in [0.25, 0.3) is 0 Å². The topological polar surface area (TPSA) is 107 Å². The Hall–Kier alpha value is -2.83. The fourth-order valence-electron chi connectivity index (χ4n) is 1.73. The van der Waals surface area contributed by atoms with E-state index in [1.807, 2.05) is 6.92 Å². The van der Waals surface area contributed by atoms with Gasteiger partial charge in [-0.3, -0.25) is 4.98 Å². The second kappa shape index (κ2) is 5.43. The van der Waals surface area contributed by atoms with Crippen LogP contribution in [0.5, 0.6) is 0 Å². The number of amides is 2. The third-order valence-electron chi connectivity index (χ3n) is 2.70. The summed E-state index contributed by atoms with van der Waals surface area (Å²) in [4.78, 5) is 29.5. The van der Waals surface area contributed by atoms with Crippen LogP contribution in [0.4, 0.5) is 16.2 Å². The van der Waals surface area contributed by atoms with E-state index in [0.717, 1.165) is 5.56 Å². The molecule has 2 aromatic heterocycles. The number of carbonyl (C=O) groups excluding carboxylic acids is 1. The van der Waals surface area contributed by atoms with E-state index in [4.69, 9.17) is 5.11 Å². The number of aromatic amines is 1. The largest absolute Gasteiger partial charge is 0.477 e. The van der Waals surface area contributed by atoms with Crippen molar-refractivity contribution in [2.24, 2.45) is 0 Å². The molecule has 0 saturated heterocycles. The zero-order chi connectivity index (χ0) is 14.7. The Morgan fingerprint density at radius 2 is 1.95 bits per heavy atom. The highest BCUT2D eigenvalue weighted by molar-refractivity contribution is 6.04. The third kappa shape index (κ3) is 2.94. The molecule has 20 heavy (non-hydrogen) atoms. The Kier molecular flexibility index (Phi) is 3.69. The molecule has 0 aliphatic carbocycles. The number of nitrogens with zero attached hydrogens (tertiary/aromatic N) is 1. The summed E-state index contributed by atoms with van der Waals surface area (Å²) in [6.07, 6.45) is 3.14. The number of pyridine rings is 1. The maximum absolute atomic E-state index is 11.9. The highest BCUT2D eigenvalue weighted by atomic mass is 16.4. The number of carboxylic acids is 1. The first kappa shape index (κ1) is 13.6. The molecular weight excluding hydrogens is 260 g/mol. The Bertz CT molecular complexity index is 663. The van der Waals surface area contributed by atoms with Crippen molar-refractivity contribution in [1.29, 1.82) is 0 Å². The predicted molar refractivity (Wildman–Crippen MR) is 74.1 cm³/mol. The van der Waals surface area contributed by atoms with Crippen molar-refractivity contribution in [3.63, 3.8) is 0 Å². The molecule has 2 rings (SSSR count). The maximum Gasteiger partial charge on any atom is 0.354 e. The third-order valence-corrected chi connectivity index (χ3v) is 2.70. The fourth-order valence-corrected chi connectivity index (χ4v) is 1.73. The molecule has 0 aliphatic rings. The summed E-state index contributed by atoms with van der Waals surface area (Å²) < 4.78 is 0. The lowest BCUT2D eigenvalue weighted by Crippen LogP contribution is -2.21. The lowest BCUT2D eigenvalue weighted by atomic mass is 10.2. The number of aromatic carboxylic acids is 1. The van der Waals surface area contributed by atoms with Gasteiger partial charge in [0.2, 0.25) is 0 Å². The number of hydrogen-bond donors (Lipinski definition) is 4. The van der Waals surface area contributed by atoms with Gasteiger partial charge < -0.3 is 20.7 Å². The summed E-state index contributed by atoms with van der Waals surface area (Å²) >= 11 is 0. The number of rotatable bonds is 3. The fraction of sp³-hybridized carbons (Fsp3) is 0.154. The van der Waals surface area contributed by atoms with Gasteiger partial charge in [-0.25, -0.2) is 9.59 Å². The van der Waals surface area contributed by atoms with E-state index in [1.165, 1.54) is 6.20 Å². The quantitative estimate of drug-likeness (QED) is 0.689. The van der Waals surface area contributed by atoms with Gasteiger partial charge >= 0.3 is 12.0 Å². The molecule has 0 saturated carbocycles. The van der Waals surface area contributed by atoms with Crippen LogP contribution in [0.3, 0.4) is 0 Å². The molecule has 7 nitrogen and oxygen atoms in total. The van der Waals surface area contributed by atoms with Gasteiger partial charge in [0.1, 0.15) is 5.69 Å². The smallest absolute Gasteiger partial charge is 0.354 e. The van der Waals surface area contributed by atoms with Crippen molar-refractivity contribution in [2.75, 3.05) is 10.6 Å². The van der Waals surface area contributed by atoms with Crippen LogP contribution >= 0.6 is 0 Å². The first-order chi connectivity index (χ1) is 9.47. The van der Waals surface area contributed by atoms with Gasteiger partial charge in [0.25, 0.3) is 0 Å². The van der Waals surface area contributed by atoms with Gasteiger partial charge in [-0.15, -0.1) is 0 Å². The monoisotopic (exact) mass is 274 g/mol. The van der Waals surface area contributed by atoms with Gasteiger partial charge in [0.05, 0.1) is 17.6 Å². The van der Waals surface area contributed by atoms with Crippen molar-refractivity contribution in [1.82, 2.24) is 9.97 Å². The van der Waals surface area contributed by atoms with E-state index >= 15 is 0 Å². The second-order valence-corrected chi connectivity index (χ2v) is 4.32. The standard InChI is InChI=1S/C13H14N4O3/c1-7-3-4-14-6-10(7)17-13(20)16-9-5-8(2)15-11(9)12(18)19/h3-6,15H,1-2H3,(H,18,19)(H2,16,17,20). The zero-order valence-corrected chi connectivity index (χ0v) is 11.0. The van der Waals surface area contributed by atoms with Crippen molar-refractivity contribution in [2.45, 2.75) is 13.8 Å². The SMILES string of the molecule is Cc1cc(NC(=O)Nc2cnccc2C)c(C(=O)O)[nH]1. The van der Waals surface area contributed by atoms with Crippen molar-refractivity contribution in [3.8, 4) is 0 Å². The number of aryl methyl sites for hydroxylation is 2. The summed E-state index contributed by atoms with van der Waals surface area (Å²) in [6.45, 7) is 3.54. The maximum atomic E-state index is 11.9. The summed E-state index contributed by atoms with van der Waals surface area (Å²) in [5.74, 6) is -1.13. The Morgan fingerprint density at radius 3 is 2.60 bits per heavy atom. The number of carboxylic acid groups (broad SMARTS) is 1. The van der Waals surface area contributed by atoms with Crippen LogP contribution in [-0.2, 0) is 0 Å². The number of aromatic nitrogens is 2. The molecule has 0 atom stereocenters. The van der Waals surface area contributed by atoms with Crippen LogP contribution in [0.2, 0.25) is 0 Å². The van der Waals surface area contributed by atoms with E-state index in [1.54, 1.807) is 25.3 Å². The van der Waals surface area contributed by atoms with Crippen molar-refractivity contribution in [3.05, 3.63) is 41.5 Å². The second-order valence-electron chi connectivity index (χ2n) is 4.32. The van der Waals surface area contributed by atoms with Gasteiger partial charge in [0.15, 0.2) is 0 Å². The number of anilines is 2. The van der Waals surface area contributed by atoms with Crippen LogP contribution in [0.15, 0.2) is 24.5 Å². The molecule has 0 aromatic carbocycles. The minimum Gasteiger partial charge on any atom is -0.477 e. The van der Waals surface area contributed by atoms with E-state index in [-0.39, 0.29) is 11.4 Å². The van der Waals surface area contributed by atoms with Crippen LogP contribution in [0, 0.1) is 13.8 Å². The lowest BCUT2D eigenvalue weighted by molar-refractivity contribution is 0.0692. The minimum atomic E-state index is -1.13. The molecule has 2 heterocycles. The van der Waals surface area contributed by atoms with Gasteiger partial charge in [-0.2, -0.15) is 0 Å². The number of carbonyl (C=O) groups is 2. The van der Waals surface area contributed by atoms with Gasteiger partial charge in [-0.05, 0) is 31.5 Å². The lowest BCUT2D eigenvalue weighted by Gasteiger charge is -2.08. The van der Waals surface area contributed by atoms with E-state index < -0.39 is 12.0 Å². The van der Waals surface area contributed by atoms with Crippen LogP contribution in [0.1, 0.15) is 21.7 Å². The average Bonchev–Trinajstić information content (AvgIpc) is 2.73. The van der Waals surface area contributed by atoms with Crippen LogP contribution < -0.4 is 10.6 Å². The molecule has 0 radical (unpaired) electrons. The molecule has 4 N–H and O–H groups in total. The molecule has 0 spiro atoms. The minimum absolute atomic E-state index is 0.0550. The predicted octanol–water partition coefficient (Wildman–Crippen LogP) is 2.37. The molecule has 2 amide bonds. The zero-order valence-electron chi connectivity index (χ0n) is 11.0. The molecule has 2 aromatic rings. The van der Waals surface area contributed by atoms with E-state index in [9.17, 15) is 9.59 Å². The normalized spacial score (nSPS) is 10.1. The van der Waals surface area contributed by atoms with E-state index in [2.05, 4.69) is 20.6 Å². The number of H-pyrrole nitrogens is 1. The molecule has 0 fully saturated rings. The molecular formula is C13H14N4O3. The summed E-state index contributed by atoms with van der Waals surface area (Å²) in [7, 11) is 0.